The molecule has 0 saturated heterocycles. The molecular weight excluding hydrogens is 316 g/mol. The molecule has 5 nitrogen and oxygen atoms in total. The quantitative estimate of drug-likeness (QED) is 0.743. The summed E-state index contributed by atoms with van der Waals surface area (Å²) in [5, 5.41) is 5.44. The molecule has 2 amide bonds. The molecule has 2 N–H and O–H groups in total. The number of rotatable bonds is 7. The zero-order chi connectivity index (χ0) is 18.2. The van der Waals surface area contributed by atoms with Gasteiger partial charge in [0.05, 0.1) is 12.3 Å². The first kappa shape index (κ1) is 18.5. The topological polar surface area (TPSA) is 67.4 Å². The minimum atomic E-state index is -0.386. The molecule has 2 aromatic rings. The van der Waals surface area contributed by atoms with E-state index >= 15 is 0 Å². The van der Waals surface area contributed by atoms with Crippen molar-refractivity contribution in [3.63, 3.8) is 0 Å². The Morgan fingerprint density at radius 3 is 2.24 bits per heavy atom. The zero-order valence-electron chi connectivity index (χ0n) is 14.8. The standard InChI is InChI=1S/C20H24N2O3/c1-4-25-18-8-6-5-7-17(18)22-20(24)13-19(23)21-16-11-9-15(10-12-16)14(2)3/h5-12,14H,4,13H2,1-3H3,(H,21,23)(H,22,24). The van der Waals surface area contributed by atoms with Gasteiger partial charge in [-0.25, -0.2) is 0 Å². The summed E-state index contributed by atoms with van der Waals surface area (Å²) in [6.07, 6.45) is -0.258. The number of carbonyl (C=O) groups excluding carboxylic acids is 2. The number of amides is 2. The van der Waals surface area contributed by atoms with E-state index in [2.05, 4.69) is 24.5 Å². The Morgan fingerprint density at radius 1 is 0.960 bits per heavy atom. The number of hydrogen-bond acceptors (Lipinski definition) is 3. The number of benzene rings is 2. The lowest BCUT2D eigenvalue weighted by molar-refractivity contribution is -0.123. The van der Waals surface area contributed by atoms with E-state index in [9.17, 15) is 9.59 Å². The van der Waals surface area contributed by atoms with Gasteiger partial charge in [-0.2, -0.15) is 0 Å². The highest BCUT2D eigenvalue weighted by molar-refractivity contribution is 6.08. The molecule has 0 aromatic heterocycles. The highest BCUT2D eigenvalue weighted by Gasteiger charge is 2.12. The van der Waals surface area contributed by atoms with Gasteiger partial charge >= 0.3 is 0 Å². The maximum absolute atomic E-state index is 12.1. The third-order valence-electron chi connectivity index (χ3n) is 3.64. The Labute approximate surface area is 148 Å². The Kier molecular flexibility index (Phi) is 6.57. The third-order valence-corrected chi connectivity index (χ3v) is 3.64. The van der Waals surface area contributed by atoms with Gasteiger partial charge in [0, 0.05) is 5.69 Å². The van der Waals surface area contributed by atoms with Gasteiger partial charge in [-0.05, 0) is 42.7 Å². The maximum Gasteiger partial charge on any atom is 0.233 e. The summed E-state index contributed by atoms with van der Waals surface area (Å²) in [6, 6.07) is 14.8. The molecule has 0 bridgehead atoms. The van der Waals surface area contributed by atoms with E-state index in [0.717, 1.165) is 0 Å². The van der Waals surface area contributed by atoms with Gasteiger partial charge in [0.15, 0.2) is 0 Å². The summed E-state index contributed by atoms with van der Waals surface area (Å²) in [6.45, 7) is 6.59. The summed E-state index contributed by atoms with van der Waals surface area (Å²) in [7, 11) is 0. The largest absolute Gasteiger partial charge is 0.492 e. The third kappa shape index (κ3) is 5.64. The van der Waals surface area contributed by atoms with E-state index in [4.69, 9.17) is 4.74 Å². The van der Waals surface area contributed by atoms with Crippen LogP contribution < -0.4 is 15.4 Å². The van der Waals surface area contributed by atoms with Crippen LogP contribution in [-0.4, -0.2) is 18.4 Å². The lowest BCUT2D eigenvalue weighted by Crippen LogP contribution is -2.21. The normalized spacial score (nSPS) is 10.4. The SMILES string of the molecule is CCOc1ccccc1NC(=O)CC(=O)Nc1ccc(C(C)C)cc1. The predicted molar refractivity (Wildman–Crippen MR) is 100 cm³/mol. The number of ether oxygens (including phenoxy) is 1. The first-order valence-corrected chi connectivity index (χ1v) is 8.41. The molecule has 25 heavy (non-hydrogen) atoms. The molecule has 0 spiro atoms. The number of anilines is 2. The fraction of sp³-hybridized carbons (Fsp3) is 0.300. The van der Waals surface area contributed by atoms with Gasteiger partial charge < -0.3 is 15.4 Å². The van der Waals surface area contributed by atoms with E-state index in [1.54, 1.807) is 18.2 Å². The Hall–Kier alpha value is -2.82. The molecule has 0 aliphatic rings. The van der Waals surface area contributed by atoms with Crippen molar-refractivity contribution in [3.8, 4) is 5.75 Å². The average Bonchev–Trinajstić information content (AvgIpc) is 2.57. The van der Waals surface area contributed by atoms with Crippen LogP contribution in [-0.2, 0) is 9.59 Å². The molecule has 5 heteroatoms. The Balaban J connectivity index is 1.91. The first-order chi connectivity index (χ1) is 12.0. The van der Waals surface area contributed by atoms with Gasteiger partial charge in [0.25, 0.3) is 0 Å². The van der Waals surface area contributed by atoms with Crippen LogP contribution in [0.15, 0.2) is 48.5 Å². The van der Waals surface area contributed by atoms with Crippen LogP contribution >= 0.6 is 0 Å². The molecule has 2 rings (SSSR count). The summed E-state index contributed by atoms with van der Waals surface area (Å²) < 4.78 is 5.45. The second kappa shape index (κ2) is 8.87. The van der Waals surface area contributed by atoms with Gasteiger partial charge in [0.2, 0.25) is 11.8 Å². The summed E-state index contributed by atoms with van der Waals surface area (Å²) in [5.74, 6) is 0.274. The van der Waals surface area contributed by atoms with Crippen molar-refractivity contribution in [3.05, 3.63) is 54.1 Å². The van der Waals surface area contributed by atoms with Gasteiger partial charge in [0.1, 0.15) is 12.2 Å². The maximum atomic E-state index is 12.1. The molecule has 0 heterocycles. The Bertz CT molecular complexity index is 724. The number of carbonyl (C=O) groups is 2. The first-order valence-electron chi connectivity index (χ1n) is 8.41. The molecule has 0 aliphatic carbocycles. The predicted octanol–water partition coefficient (Wildman–Crippen LogP) is 4.18. The van der Waals surface area contributed by atoms with Crippen LogP contribution in [0.5, 0.6) is 5.75 Å². The number of nitrogens with one attached hydrogen (secondary N) is 2. The van der Waals surface area contributed by atoms with Crippen molar-refractivity contribution in [2.45, 2.75) is 33.1 Å². The monoisotopic (exact) mass is 340 g/mol. The second-order valence-electron chi connectivity index (χ2n) is 5.98. The van der Waals surface area contributed by atoms with E-state index in [0.29, 0.717) is 29.6 Å². The number of para-hydroxylation sites is 2. The minimum absolute atomic E-state index is 0.258. The fourth-order valence-corrected chi connectivity index (χ4v) is 2.35. The van der Waals surface area contributed by atoms with Crippen LogP contribution in [0.4, 0.5) is 11.4 Å². The summed E-state index contributed by atoms with van der Waals surface area (Å²) in [5.41, 5.74) is 2.43. The molecule has 0 saturated carbocycles. The molecule has 0 fully saturated rings. The van der Waals surface area contributed by atoms with Crippen LogP contribution in [0.3, 0.4) is 0 Å². The van der Waals surface area contributed by atoms with Gasteiger partial charge in [-0.3, -0.25) is 9.59 Å². The Morgan fingerprint density at radius 2 is 1.60 bits per heavy atom. The van der Waals surface area contributed by atoms with E-state index < -0.39 is 0 Å². The smallest absolute Gasteiger partial charge is 0.233 e. The van der Waals surface area contributed by atoms with E-state index in [1.807, 2.05) is 37.3 Å². The van der Waals surface area contributed by atoms with Crippen LogP contribution in [0.1, 0.15) is 38.7 Å². The summed E-state index contributed by atoms with van der Waals surface area (Å²) in [4.78, 5) is 24.1. The van der Waals surface area contributed by atoms with Crippen molar-refractivity contribution in [1.29, 1.82) is 0 Å². The highest BCUT2D eigenvalue weighted by atomic mass is 16.5. The fourth-order valence-electron chi connectivity index (χ4n) is 2.35. The van der Waals surface area contributed by atoms with Crippen LogP contribution in [0, 0.1) is 0 Å². The lowest BCUT2D eigenvalue weighted by Gasteiger charge is -2.11. The van der Waals surface area contributed by atoms with Gasteiger partial charge in [-0.15, -0.1) is 0 Å². The van der Waals surface area contributed by atoms with Crippen molar-refractivity contribution >= 4 is 23.2 Å². The van der Waals surface area contributed by atoms with E-state index in [1.165, 1.54) is 5.56 Å². The molecule has 132 valence electrons. The van der Waals surface area contributed by atoms with Crippen molar-refractivity contribution < 1.29 is 14.3 Å². The van der Waals surface area contributed by atoms with E-state index in [-0.39, 0.29) is 18.2 Å². The number of hydrogen-bond donors (Lipinski definition) is 2. The summed E-state index contributed by atoms with van der Waals surface area (Å²) >= 11 is 0. The molecule has 0 radical (unpaired) electrons. The average molecular weight is 340 g/mol. The molecule has 0 unspecified atom stereocenters. The highest BCUT2D eigenvalue weighted by Crippen LogP contribution is 2.23. The van der Waals surface area contributed by atoms with Crippen molar-refractivity contribution in [2.24, 2.45) is 0 Å². The van der Waals surface area contributed by atoms with Crippen LogP contribution in [0.2, 0.25) is 0 Å². The minimum Gasteiger partial charge on any atom is -0.492 e. The molecular formula is C20H24N2O3. The van der Waals surface area contributed by atoms with Crippen LogP contribution in [0.25, 0.3) is 0 Å². The lowest BCUT2D eigenvalue weighted by atomic mass is 10.0. The van der Waals surface area contributed by atoms with Crippen molar-refractivity contribution in [2.75, 3.05) is 17.2 Å². The zero-order valence-corrected chi connectivity index (χ0v) is 14.8. The molecule has 0 aliphatic heterocycles. The molecule has 0 atom stereocenters. The van der Waals surface area contributed by atoms with Gasteiger partial charge in [-0.1, -0.05) is 38.1 Å². The second-order valence-corrected chi connectivity index (χ2v) is 5.98. The molecule has 2 aromatic carbocycles. The van der Waals surface area contributed by atoms with Crippen molar-refractivity contribution in [1.82, 2.24) is 0 Å².